The molecule has 1 heterocycles. The van der Waals surface area contributed by atoms with Crippen molar-refractivity contribution in [2.24, 2.45) is 0 Å². The van der Waals surface area contributed by atoms with E-state index in [9.17, 15) is 19.5 Å². The van der Waals surface area contributed by atoms with Crippen LogP contribution in [0.4, 0.5) is 0 Å². The van der Waals surface area contributed by atoms with E-state index in [0.29, 0.717) is 24.1 Å². The summed E-state index contributed by atoms with van der Waals surface area (Å²) in [6.07, 6.45) is 3.22. The second-order valence-electron chi connectivity index (χ2n) is 7.74. The highest BCUT2D eigenvalue weighted by molar-refractivity contribution is 6.31. The Bertz CT molecular complexity index is 1180. The number of hydrogen-bond acceptors (Lipinski definition) is 3. The van der Waals surface area contributed by atoms with Gasteiger partial charge in [-0.25, -0.2) is 14.2 Å². The Hall–Kier alpha value is -3.12. The molecule has 7 heteroatoms. The molecule has 2 aromatic carbocycles. The molecule has 0 saturated carbocycles. The van der Waals surface area contributed by atoms with Crippen molar-refractivity contribution in [2.75, 3.05) is 0 Å². The van der Waals surface area contributed by atoms with Gasteiger partial charge < -0.3 is 5.11 Å². The molecule has 0 spiro atoms. The topological polar surface area (TPSA) is 81.3 Å². The third-order valence-corrected chi connectivity index (χ3v) is 5.81. The van der Waals surface area contributed by atoms with Gasteiger partial charge >= 0.3 is 11.7 Å². The first-order valence-electron chi connectivity index (χ1n) is 10.8. The SMILES string of the molecule is CCCCC(=O)n1c(Cl)c(CCC)n(Cc2ccc(-c3ccccc3C(=O)O)cc2)c1=O. The number of rotatable bonds is 9. The molecule has 0 amide bonds. The molecule has 0 aliphatic carbocycles. The summed E-state index contributed by atoms with van der Waals surface area (Å²) >= 11 is 6.47. The van der Waals surface area contributed by atoms with E-state index in [2.05, 4.69) is 0 Å². The molecule has 0 saturated heterocycles. The predicted octanol–water partition coefficient (Wildman–Crippen LogP) is 5.50. The fourth-order valence-corrected chi connectivity index (χ4v) is 4.11. The van der Waals surface area contributed by atoms with Crippen LogP contribution in [0, 0.1) is 0 Å². The molecule has 3 rings (SSSR count). The number of aromatic carboxylic acids is 1. The van der Waals surface area contributed by atoms with Crippen molar-refractivity contribution >= 4 is 23.5 Å². The van der Waals surface area contributed by atoms with Crippen LogP contribution in [-0.4, -0.2) is 26.1 Å². The van der Waals surface area contributed by atoms with Crippen molar-refractivity contribution in [3.8, 4) is 11.1 Å². The highest BCUT2D eigenvalue weighted by Gasteiger charge is 2.22. The van der Waals surface area contributed by atoms with Crippen molar-refractivity contribution < 1.29 is 14.7 Å². The Morgan fingerprint density at radius 2 is 1.69 bits per heavy atom. The summed E-state index contributed by atoms with van der Waals surface area (Å²) in [7, 11) is 0. The lowest BCUT2D eigenvalue weighted by Gasteiger charge is -2.09. The zero-order valence-electron chi connectivity index (χ0n) is 18.3. The van der Waals surface area contributed by atoms with Crippen LogP contribution in [0.3, 0.4) is 0 Å². The molecule has 0 fully saturated rings. The standard InChI is InChI=1S/C25H27ClN2O4/c1-3-5-11-22(29)28-23(26)21(8-4-2)27(25(28)32)16-17-12-14-18(15-13-17)19-9-6-7-10-20(19)24(30)31/h6-7,9-10,12-15H,3-5,8,11,16H2,1-2H3,(H,30,31). The average Bonchev–Trinajstić information content (AvgIpc) is 3.02. The van der Waals surface area contributed by atoms with Crippen molar-refractivity contribution in [3.05, 3.63) is 81.0 Å². The van der Waals surface area contributed by atoms with Crippen LogP contribution in [0.2, 0.25) is 5.15 Å². The van der Waals surface area contributed by atoms with Gasteiger partial charge in [-0.1, -0.05) is 80.8 Å². The average molecular weight is 455 g/mol. The quantitative estimate of drug-likeness (QED) is 0.463. The van der Waals surface area contributed by atoms with Crippen LogP contribution >= 0.6 is 11.6 Å². The van der Waals surface area contributed by atoms with Gasteiger partial charge in [0.1, 0.15) is 5.15 Å². The summed E-state index contributed by atoms with van der Waals surface area (Å²) in [5, 5.41) is 9.63. The van der Waals surface area contributed by atoms with Crippen molar-refractivity contribution in [3.63, 3.8) is 0 Å². The van der Waals surface area contributed by atoms with Crippen molar-refractivity contribution in [1.29, 1.82) is 0 Å². The molecule has 0 aliphatic heterocycles. The van der Waals surface area contributed by atoms with Crippen LogP contribution in [0.15, 0.2) is 53.3 Å². The number of carbonyl (C=O) groups excluding carboxylic acids is 1. The molecule has 32 heavy (non-hydrogen) atoms. The molecular formula is C25H27ClN2O4. The van der Waals surface area contributed by atoms with E-state index < -0.39 is 11.7 Å². The molecule has 6 nitrogen and oxygen atoms in total. The summed E-state index contributed by atoms with van der Waals surface area (Å²) in [6, 6.07) is 14.2. The number of carboxylic acids is 1. The summed E-state index contributed by atoms with van der Waals surface area (Å²) in [5.74, 6) is -1.26. The first kappa shape index (κ1) is 23.5. The lowest BCUT2D eigenvalue weighted by Crippen LogP contribution is -2.29. The molecule has 0 unspecified atom stereocenters. The largest absolute Gasteiger partial charge is 0.478 e. The normalized spacial score (nSPS) is 11.0. The van der Waals surface area contributed by atoms with Gasteiger partial charge in [0.15, 0.2) is 0 Å². The van der Waals surface area contributed by atoms with Crippen LogP contribution in [0.5, 0.6) is 0 Å². The molecular weight excluding hydrogens is 428 g/mol. The summed E-state index contributed by atoms with van der Waals surface area (Å²) < 4.78 is 2.66. The molecule has 3 aromatic rings. The molecule has 168 valence electrons. The monoisotopic (exact) mass is 454 g/mol. The van der Waals surface area contributed by atoms with E-state index in [1.54, 1.807) is 28.8 Å². The molecule has 0 atom stereocenters. The number of carbonyl (C=O) groups is 2. The van der Waals surface area contributed by atoms with Gasteiger partial charge in [0.2, 0.25) is 5.91 Å². The van der Waals surface area contributed by atoms with Crippen molar-refractivity contribution in [2.45, 2.75) is 52.5 Å². The minimum absolute atomic E-state index is 0.199. The zero-order chi connectivity index (χ0) is 23.3. The van der Waals surface area contributed by atoms with Gasteiger partial charge in [0.25, 0.3) is 0 Å². The number of carboxylic acid groups (broad SMARTS) is 1. The van der Waals surface area contributed by atoms with Crippen LogP contribution < -0.4 is 5.69 Å². The second kappa shape index (κ2) is 10.5. The van der Waals surface area contributed by atoms with E-state index in [-0.39, 0.29) is 29.6 Å². The van der Waals surface area contributed by atoms with Crippen molar-refractivity contribution in [1.82, 2.24) is 9.13 Å². The summed E-state index contributed by atoms with van der Waals surface area (Å²) in [5.41, 5.74) is 2.74. The lowest BCUT2D eigenvalue weighted by molar-refractivity contribution is 0.0697. The first-order chi connectivity index (χ1) is 15.4. The Morgan fingerprint density at radius 3 is 2.31 bits per heavy atom. The molecule has 0 aliphatic rings. The van der Waals surface area contributed by atoms with Crippen LogP contribution in [0.25, 0.3) is 11.1 Å². The Labute approximate surface area is 192 Å². The summed E-state index contributed by atoms with van der Waals surface area (Å²) in [6.45, 7) is 4.27. The third kappa shape index (κ3) is 4.86. The minimum Gasteiger partial charge on any atom is -0.478 e. The maximum absolute atomic E-state index is 13.1. The van der Waals surface area contributed by atoms with Crippen LogP contribution in [0.1, 0.15) is 65.9 Å². The molecule has 0 bridgehead atoms. The Balaban J connectivity index is 1.94. The summed E-state index contributed by atoms with van der Waals surface area (Å²) in [4.78, 5) is 37.1. The number of benzene rings is 2. The number of imidazole rings is 1. The van der Waals surface area contributed by atoms with E-state index in [1.165, 1.54) is 0 Å². The molecule has 1 aromatic heterocycles. The van der Waals surface area contributed by atoms with E-state index in [1.807, 2.05) is 38.1 Å². The smallest absolute Gasteiger partial charge is 0.336 e. The van der Waals surface area contributed by atoms with E-state index in [4.69, 9.17) is 11.6 Å². The van der Waals surface area contributed by atoms with E-state index in [0.717, 1.165) is 28.5 Å². The van der Waals surface area contributed by atoms with E-state index >= 15 is 0 Å². The third-order valence-electron chi connectivity index (χ3n) is 5.43. The maximum Gasteiger partial charge on any atom is 0.336 e. The van der Waals surface area contributed by atoms with Gasteiger partial charge in [0, 0.05) is 6.42 Å². The Kier molecular flexibility index (Phi) is 7.70. The van der Waals surface area contributed by atoms with Gasteiger partial charge in [-0.3, -0.25) is 9.36 Å². The number of unbranched alkanes of at least 4 members (excludes halogenated alkanes) is 1. The zero-order valence-corrected chi connectivity index (χ0v) is 19.1. The second-order valence-corrected chi connectivity index (χ2v) is 8.09. The van der Waals surface area contributed by atoms with Gasteiger partial charge in [-0.2, -0.15) is 0 Å². The van der Waals surface area contributed by atoms with Gasteiger partial charge in [0.05, 0.1) is 17.8 Å². The number of halogens is 1. The predicted molar refractivity (Wildman–Crippen MR) is 126 cm³/mol. The highest BCUT2D eigenvalue weighted by Crippen LogP contribution is 2.25. The Morgan fingerprint density at radius 1 is 1.00 bits per heavy atom. The minimum atomic E-state index is -0.982. The van der Waals surface area contributed by atoms with Gasteiger partial charge in [-0.15, -0.1) is 0 Å². The number of aromatic nitrogens is 2. The van der Waals surface area contributed by atoms with Gasteiger partial charge in [-0.05, 0) is 35.6 Å². The fourth-order valence-electron chi connectivity index (χ4n) is 3.75. The molecule has 0 radical (unpaired) electrons. The molecule has 1 N–H and O–H groups in total. The number of nitrogens with zero attached hydrogens (tertiary/aromatic N) is 2. The number of hydrogen-bond donors (Lipinski definition) is 1. The first-order valence-corrected chi connectivity index (χ1v) is 11.2. The fraction of sp³-hybridized carbons (Fsp3) is 0.320. The van der Waals surface area contributed by atoms with Crippen LogP contribution in [-0.2, 0) is 13.0 Å². The maximum atomic E-state index is 13.1. The lowest BCUT2D eigenvalue weighted by atomic mass is 9.99. The highest BCUT2D eigenvalue weighted by atomic mass is 35.5.